The fourth-order valence-corrected chi connectivity index (χ4v) is 5.27. The molecule has 0 saturated heterocycles. The van der Waals surface area contributed by atoms with Crippen LogP contribution in [0.3, 0.4) is 0 Å². The van der Waals surface area contributed by atoms with Crippen LogP contribution in [0.1, 0.15) is 52.2 Å². The van der Waals surface area contributed by atoms with Gasteiger partial charge in [0.15, 0.2) is 0 Å². The zero-order valence-corrected chi connectivity index (χ0v) is 19.9. The first-order valence-electron chi connectivity index (χ1n) is 10.2. The van der Waals surface area contributed by atoms with E-state index >= 15 is 0 Å². The Balaban J connectivity index is 2.39. The van der Waals surface area contributed by atoms with Crippen molar-refractivity contribution >= 4 is 21.6 Å². The molecule has 2 rings (SSSR count). The van der Waals surface area contributed by atoms with Crippen LogP contribution in [0, 0.1) is 19.3 Å². The van der Waals surface area contributed by atoms with Gasteiger partial charge in [0.1, 0.15) is 6.54 Å². The summed E-state index contributed by atoms with van der Waals surface area (Å²) in [6.07, 6.45) is 0.765. The van der Waals surface area contributed by atoms with Crippen LogP contribution in [0.2, 0.25) is 0 Å². The predicted molar refractivity (Wildman–Crippen MR) is 123 cm³/mol. The van der Waals surface area contributed by atoms with E-state index in [2.05, 4.69) is 26.1 Å². The molecule has 0 aliphatic heterocycles. The number of carbonyl (C=O) groups excluding carboxylic acids is 1. The average Bonchev–Trinajstić information content (AvgIpc) is 2.60. The second kappa shape index (κ2) is 8.80. The predicted octanol–water partition coefficient (Wildman–Crippen LogP) is 4.83. The van der Waals surface area contributed by atoms with Gasteiger partial charge in [0, 0.05) is 5.54 Å². The van der Waals surface area contributed by atoms with Crippen molar-refractivity contribution in [3.8, 4) is 0 Å². The van der Waals surface area contributed by atoms with Gasteiger partial charge in [-0.25, -0.2) is 8.42 Å². The molecule has 0 spiro atoms. The van der Waals surface area contributed by atoms with E-state index in [4.69, 9.17) is 0 Å². The summed E-state index contributed by atoms with van der Waals surface area (Å²) in [7, 11) is -3.90. The Morgan fingerprint density at radius 2 is 1.53 bits per heavy atom. The van der Waals surface area contributed by atoms with Gasteiger partial charge in [0.05, 0.1) is 10.6 Å². The van der Waals surface area contributed by atoms with E-state index in [1.54, 1.807) is 36.4 Å². The first-order chi connectivity index (χ1) is 13.7. The number of rotatable bonds is 7. The third-order valence-electron chi connectivity index (χ3n) is 4.85. The summed E-state index contributed by atoms with van der Waals surface area (Å²) >= 11 is 0. The molecule has 164 valence electrons. The molecule has 0 unspecified atom stereocenters. The van der Waals surface area contributed by atoms with Crippen molar-refractivity contribution in [3.05, 3.63) is 59.7 Å². The van der Waals surface area contributed by atoms with Crippen LogP contribution < -0.4 is 9.62 Å². The summed E-state index contributed by atoms with van der Waals surface area (Å²) in [4.78, 5) is 13.1. The molecule has 1 N–H and O–H groups in total. The van der Waals surface area contributed by atoms with Crippen LogP contribution in [0.5, 0.6) is 0 Å². The van der Waals surface area contributed by atoms with Crippen LogP contribution in [0.25, 0.3) is 0 Å². The van der Waals surface area contributed by atoms with Crippen LogP contribution >= 0.6 is 0 Å². The van der Waals surface area contributed by atoms with Crippen molar-refractivity contribution in [1.29, 1.82) is 0 Å². The van der Waals surface area contributed by atoms with Crippen molar-refractivity contribution in [2.45, 2.75) is 65.3 Å². The summed E-state index contributed by atoms with van der Waals surface area (Å²) in [5, 5.41) is 3.02. The Labute approximate surface area is 181 Å². The lowest BCUT2D eigenvalue weighted by atomic mass is 9.82. The minimum absolute atomic E-state index is 0.0284. The molecule has 5 nitrogen and oxygen atoms in total. The molecule has 0 atom stereocenters. The smallest absolute Gasteiger partial charge is 0.264 e. The minimum atomic E-state index is -3.90. The molecule has 0 radical (unpaired) electrons. The van der Waals surface area contributed by atoms with Gasteiger partial charge in [-0.1, -0.05) is 45.0 Å². The Morgan fingerprint density at radius 3 is 2.07 bits per heavy atom. The average molecular weight is 431 g/mol. The van der Waals surface area contributed by atoms with E-state index in [0.29, 0.717) is 5.69 Å². The van der Waals surface area contributed by atoms with Crippen LogP contribution in [0.4, 0.5) is 5.69 Å². The molecule has 0 saturated carbocycles. The molecule has 0 aliphatic rings. The zero-order valence-electron chi connectivity index (χ0n) is 19.1. The molecule has 0 aromatic heterocycles. The minimum Gasteiger partial charge on any atom is -0.350 e. The molecule has 30 heavy (non-hydrogen) atoms. The number of nitrogens with one attached hydrogen (secondary N) is 1. The second-order valence-electron chi connectivity index (χ2n) is 9.76. The molecule has 0 aliphatic carbocycles. The Morgan fingerprint density at radius 1 is 0.933 bits per heavy atom. The lowest BCUT2D eigenvalue weighted by Crippen LogP contribution is -2.50. The van der Waals surface area contributed by atoms with Crippen molar-refractivity contribution < 1.29 is 13.2 Å². The highest BCUT2D eigenvalue weighted by molar-refractivity contribution is 7.92. The summed E-state index contributed by atoms with van der Waals surface area (Å²) < 4.78 is 28.0. The molecule has 0 heterocycles. The van der Waals surface area contributed by atoms with E-state index in [-0.39, 0.29) is 22.8 Å². The summed E-state index contributed by atoms with van der Waals surface area (Å²) in [6.45, 7) is 13.9. The Bertz CT molecular complexity index is 991. The molecular formula is C24H34N2O3S. The largest absolute Gasteiger partial charge is 0.350 e. The highest BCUT2D eigenvalue weighted by atomic mass is 32.2. The summed E-state index contributed by atoms with van der Waals surface area (Å²) in [5.74, 6) is -0.331. The van der Waals surface area contributed by atoms with Gasteiger partial charge < -0.3 is 5.32 Å². The molecular weight excluding hydrogens is 396 g/mol. The zero-order chi connectivity index (χ0) is 22.7. The SMILES string of the molecule is Cc1ccc(N(CC(=O)NC(C)(C)CC(C)(C)C)S(=O)(=O)c2ccccc2)cc1C. The number of hydrogen-bond acceptors (Lipinski definition) is 3. The van der Waals surface area contributed by atoms with Gasteiger partial charge in [-0.15, -0.1) is 0 Å². The summed E-state index contributed by atoms with van der Waals surface area (Å²) in [5.41, 5.74) is 2.08. The van der Waals surface area contributed by atoms with Gasteiger partial charge in [-0.2, -0.15) is 0 Å². The standard InChI is InChI=1S/C24H34N2O3S/c1-18-13-14-20(15-19(18)2)26(30(28,29)21-11-9-8-10-12-21)16-22(27)25-24(6,7)17-23(3,4)5/h8-15H,16-17H2,1-7H3,(H,25,27). The molecule has 2 aromatic rings. The monoisotopic (exact) mass is 430 g/mol. The number of amides is 1. The maximum absolute atomic E-state index is 13.4. The lowest BCUT2D eigenvalue weighted by Gasteiger charge is -2.34. The van der Waals surface area contributed by atoms with Crippen molar-refractivity contribution in [2.24, 2.45) is 5.41 Å². The topological polar surface area (TPSA) is 66.5 Å². The number of sulfonamides is 1. The van der Waals surface area contributed by atoms with Gasteiger partial charge in [-0.3, -0.25) is 9.10 Å². The maximum atomic E-state index is 13.4. The third-order valence-corrected chi connectivity index (χ3v) is 6.64. The van der Waals surface area contributed by atoms with Gasteiger partial charge in [0.25, 0.3) is 10.0 Å². The molecule has 0 bridgehead atoms. The number of hydrogen-bond donors (Lipinski definition) is 1. The Kier molecular flexibility index (Phi) is 7.02. The van der Waals surface area contributed by atoms with Crippen molar-refractivity contribution in [3.63, 3.8) is 0 Å². The number of carbonyl (C=O) groups is 1. The van der Waals surface area contributed by atoms with Crippen molar-refractivity contribution in [1.82, 2.24) is 5.32 Å². The Hall–Kier alpha value is -2.34. The highest BCUT2D eigenvalue weighted by Crippen LogP contribution is 2.28. The van der Waals surface area contributed by atoms with E-state index in [9.17, 15) is 13.2 Å². The molecule has 1 amide bonds. The first kappa shape index (κ1) is 23.9. The van der Waals surface area contributed by atoms with Crippen LogP contribution in [0.15, 0.2) is 53.4 Å². The molecule has 6 heteroatoms. The lowest BCUT2D eigenvalue weighted by molar-refractivity contribution is -0.121. The molecule has 2 aromatic carbocycles. The van der Waals surface area contributed by atoms with Gasteiger partial charge in [0.2, 0.25) is 5.91 Å². The fraction of sp³-hybridized carbons (Fsp3) is 0.458. The first-order valence-corrected chi connectivity index (χ1v) is 11.6. The number of anilines is 1. The second-order valence-corrected chi connectivity index (χ2v) is 11.6. The molecule has 0 fully saturated rings. The van der Waals surface area contributed by atoms with Gasteiger partial charge in [-0.05, 0) is 74.9 Å². The van der Waals surface area contributed by atoms with E-state index < -0.39 is 15.6 Å². The third kappa shape index (κ3) is 6.33. The quantitative estimate of drug-likeness (QED) is 0.684. The van der Waals surface area contributed by atoms with E-state index in [1.807, 2.05) is 39.8 Å². The number of aryl methyl sites for hydroxylation is 2. The fourth-order valence-electron chi connectivity index (χ4n) is 3.83. The number of benzene rings is 2. The van der Waals surface area contributed by atoms with Crippen molar-refractivity contribution in [2.75, 3.05) is 10.8 Å². The van der Waals surface area contributed by atoms with E-state index in [1.165, 1.54) is 4.31 Å². The van der Waals surface area contributed by atoms with Crippen LogP contribution in [-0.4, -0.2) is 26.4 Å². The van der Waals surface area contributed by atoms with Crippen LogP contribution in [-0.2, 0) is 14.8 Å². The maximum Gasteiger partial charge on any atom is 0.264 e. The normalized spacial score (nSPS) is 12.5. The number of nitrogens with zero attached hydrogens (tertiary/aromatic N) is 1. The highest BCUT2D eigenvalue weighted by Gasteiger charge is 2.31. The van der Waals surface area contributed by atoms with E-state index in [0.717, 1.165) is 17.5 Å². The summed E-state index contributed by atoms with van der Waals surface area (Å²) in [6, 6.07) is 13.6. The van der Waals surface area contributed by atoms with Gasteiger partial charge >= 0.3 is 0 Å².